The van der Waals surface area contributed by atoms with Gasteiger partial charge in [-0.25, -0.2) is 27.1 Å². The molecule has 0 aliphatic carbocycles. The highest BCUT2D eigenvalue weighted by atomic mass is 32.2. The SMILES string of the molecule is CS(=O)(=O)c1ccc(N2CCC(C(N)=O)C2)c(-c2nnn[nH]2)c1S(N)(=O)=O. The molecule has 2 aromatic rings. The Kier molecular flexibility index (Phi) is 4.65. The summed E-state index contributed by atoms with van der Waals surface area (Å²) in [5.41, 5.74) is 5.61. The van der Waals surface area contributed by atoms with Gasteiger partial charge in [0, 0.05) is 25.0 Å². The minimum Gasteiger partial charge on any atom is -0.370 e. The lowest BCUT2D eigenvalue weighted by Gasteiger charge is -2.23. The summed E-state index contributed by atoms with van der Waals surface area (Å²) in [7, 11) is -8.40. The normalized spacial score (nSPS) is 18.0. The van der Waals surface area contributed by atoms with Gasteiger partial charge in [-0.3, -0.25) is 4.79 Å². The second kappa shape index (κ2) is 6.54. The van der Waals surface area contributed by atoms with Crippen molar-refractivity contribution in [1.82, 2.24) is 20.6 Å². The van der Waals surface area contributed by atoms with Crippen LogP contribution in [0.25, 0.3) is 11.4 Å². The number of carbonyl (C=O) groups is 1. The second-order valence-electron chi connectivity index (χ2n) is 6.19. The van der Waals surface area contributed by atoms with Crippen LogP contribution in [0.2, 0.25) is 0 Å². The molecule has 0 saturated carbocycles. The van der Waals surface area contributed by atoms with Crippen molar-refractivity contribution >= 4 is 31.5 Å². The molecule has 1 saturated heterocycles. The van der Waals surface area contributed by atoms with Crippen LogP contribution in [0.3, 0.4) is 0 Å². The topological polar surface area (TPSA) is 195 Å². The van der Waals surface area contributed by atoms with E-state index in [-0.39, 0.29) is 17.9 Å². The highest BCUT2D eigenvalue weighted by Crippen LogP contribution is 2.39. The Morgan fingerprint density at radius 2 is 2.00 bits per heavy atom. The van der Waals surface area contributed by atoms with Crippen LogP contribution in [0.1, 0.15) is 6.42 Å². The number of hydrogen-bond donors (Lipinski definition) is 3. The fraction of sp³-hybridized carbons (Fsp3) is 0.385. The van der Waals surface area contributed by atoms with Gasteiger partial charge < -0.3 is 10.6 Å². The minimum atomic E-state index is -4.47. The molecule has 1 aliphatic rings. The molecule has 3 rings (SSSR count). The van der Waals surface area contributed by atoms with Crippen molar-refractivity contribution in [2.45, 2.75) is 16.2 Å². The van der Waals surface area contributed by atoms with Gasteiger partial charge in [0.1, 0.15) is 4.90 Å². The molecule has 12 nitrogen and oxygen atoms in total. The number of amides is 1. The monoisotopic (exact) mass is 415 g/mol. The molecule has 5 N–H and O–H groups in total. The first-order valence-corrected chi connectivity index (χ1v) is 11.1. The Morgan fingerprint density at radius 1 is 1.30 bits per heavy atom. The van der Waals surface area contributed by atoms with Crippen LogP contribution in [-0.2, 0) is 24.7 Å². The highest BCUT2D eigenvalue weighted by Gasteiger charge is 2.34. The molecule has 1 amide bonds. The first-order chi connectivity index (χ1) is 12.5. The molecule has 1 aromatic carbocycles. The quantitative estimate of drug-likeness (QED) is 0.506. The Labute approximate surface area is 154 Å². The lowest BCUT2D eigenvalue weighted by Crippen LogP contribution is -2.28. The number of H-pyrrole nitrogens is 1. The molecular weight excluding hydrogens is 398 g/mol. The molecule has 2 heterocycles. The summed E-state index contributed by atoms with van der Waals surface area (Å²) < 4.78 is 48.9. The van der Waals surface area contributed by atoms with E-state index in [1.54, 1.807) is 4.90 Å². The molecule has 14 heteroatoms. The number of tetrazole rings is 1. The van der Waals surface area contributed by atoms with Crippen molar-refractivity contribution in [3.63, 3.8) is 0 Å². The first kappa shape index (κ1) is 19.2. The zero-order valence-corrected chi connectivity index (χ0v) is 15.8. The summed E-state index contributed by atoms with van der Waals surface area (Å²) in [5, 5.41) is 18.3. The number of nitrogens with zero attached hydrogens (tertiary/aromatic N) is 4. The number of anilines is 1. The number of sulfone groups is 1. The minimum absolute atomic E-state index is 0.0675. The standard InChI is InChI=1S/C13H17N7O5S2/c1-26(22,23)9-3-2-8(20-5-4-7(6-20)12(14)21)10(11(9)27(15,24)25)13-16-18-19-17-13/h2-3,7H,4-6H2,1H3,(H2,14,21)(H2,15,24,25)(H,16,17,18,19). The van der Waals surface area contributed by atoms with Gasteiger partial charge in [0.2, 0.25) is 15.9 Å². The number of hydrogen-bond acceptors (Lipinski definition) is 9. The number of nitrogens with two attached hydrogens (primary N) is 2. The summed E-state index contributed by atoms with van der Waals surface area (Å²) in [4.78, 5) is 12.1. The van der Waals surface area contributed by atoms with Crippen molar-refractivity contribution in [1.29, 1.82) is 0 Å². The summed E-state index contributed by atoms with van der Waals surface area (Å²) in [6, 6.07) is 2.60. The third-order valence-electron chi connectivity index (χ3n) is 4.30. The van der Waals surface area contributed by atoms with Crippen molar-refractivity contribution in [3.8, 4) is 11.4 Å². The van der Waals surface area contributed by atoms with Crippen LogP contribution in [0.4, 0.5) is 5.69 Å². The van der Waals surface area contributed by atoms with E-state index in [0.717, 1.165) is 12.3 Å². The van der Waals surface area contributed by atoms with E-state index in [0.29, 0.717) is 18.7 Å². The number of carbonyl (C=O) groups excluding carboxylic acids is 1. The molecule has 0 bridgehead atoms. The van der Waals surface area contributed by atoms with Gasteiger partial charge in [0.25, 0.3) is 0 Å². The third-order valence-corrected chi connectivity index (χ3v) is 6.56. The van der Waals surface area contributed by atoms with Crippen LogP contribution in [0.5, 0.6) is 0 Å². The van der Waals surface area contributed by atoms with E-state index in [1.807, 2.05) is 0 Å². The largest absolute Gasteiger partial charge is 0.370 e. The van der Waals surface area contributed by atoms with Crippen LogP contribution in [-0.4, -0.2) is 62.7 Å². The van der Waals surface area contributed by atoms with Crippen molar-refractivity contribution in [3.05, 3.63) is 12.1 Å². The fourth-order valence-electron chi connectivity index (χ4n) is 3.10. The average Bonchev–Trinajstić information content (AvgIpc) is 3.23. The summed E-state index contributed by atoms with van der Waals surface area (Å²) in [5.74, 6) is -0.958. The van der Waals surface area contributed by atoms with Crippen LogP contribution in [0, 0.1) is 5.92 Å². The van der Waals surface area contributed by atoms with E-state index in [2.05, 4.69) is 20.6 Å². The van der Waals surface area contributed by atoms with E-state index < -0.39 is 41.5 Å². The van der Waals surface area contributed by atoms with Crippen LogP contribution in [0.15, 0.2) is 21.9 Å². The number of primary sulfonamides is 1. The summed E-state index contributed by atoms with van der Waals surface area (Å²) in [6.45, 7) is 0.649. The van der Waals surface area contributed by atoms with Gasteiger partial charge >= 0.3 is 0 Å². The van der Waals surface area contributed by atoms with E-state index in [4.69, 9.17) is 10.9 Å². The predicted octanol–water partition coefficient (Wildman–Crippen LogP) is -1.77. The van der Waals surface area contributed by atoms with Gasteiger partial charge in [-0.15, -0.1) is 5.10 Å². The van der Waals surface area contributed by atoms with Gasteiger partial charge in [0.05, 0.1) is 16.4 Å². The molecule has 146 valence electrons. The number of nitrogens with one attached hydrogen (secondary N) is 1. The zero-order chi connectivity index (χ0) is 20.0. The average molecular weight is 415 g/mol. The lowest BCUT2D eigenvalue weighted by atomic mass is 10.1. The Hall–Kier alpha value is -2.58. The Bertz CT molecular complexity index is 1100. The molecule has 1 fully saturated rings. The number of primary amides is 1. The summed E-state index contributed by atoms with van der Waals surface area (Å²) in [6.07, 6.45) is 1.35. The smallest absolute Gasteiger partial charge is 0.240 e. The van der Waals surface area contributed by atoms with E-state index >= 15 is 0 Å². The zero-order valence-electron chi connectivity index (χ0n) is 14.2. The number of rotatable bonds is 5. The fourth-order valence-corrected chi connectivity index (χ4v) is 5.49. The number of benzene rings is 1. The maximum Gasteiger partial charge on any atom is 0.240 e. The second-order valence-corrected chi connectivity index (χ2v) is 9.67. The number of sulfonamides is 1. The molecule has 0 radical (unpaired) electrons. The van der Waals surface area contributed by atoms with Gasteiger partial charge in [-0.1, -0.05) is 0 Å². The molecule has 1 aliphatic heterocycles. The van der Waals surface area contributed by atoms with Crippen LogP contribution < -0.4 is 15.8 Å². The Morgan fingerprint density at radius 3 is 2.48 bits per heavy atom. The summed E-state index contributed by atoms with van der Waals surface area (Å²) >= 11 is 0. The van der Waals surface area contributed by atoms with E-state index in [1.165, 1.54) is 6.07 Å². The molecule has 1 unspecified atom stereocenters. The van der Waals surface area contributed by atoms with Crippen molar-refractivity contribution in [2.24, 2.45) is 16.8 Å². The highest BCUT2D eigenvalue weighted by molar-refractivity contribution is 7.93. The van der Waals surface area contributed by atoms with Crippen molar-refractivity contribution < 1.29 is 21.6 Å². The molecule has 1 aromatic heterocycles. The lowest BCUT2D eigenvalue weighted by molar-refractivity contribution is -0.121. The maximum atomic E-state index is 12.3. The van der Waals surface area contributed by atoms with Gasteiger partial charge in [-0.05, 0) is 29.0 Å². The molecule has 1 atom stereocenters. The predicted molar refractivity (Wildman–Crippen MR) is 93.6 cm³/mol. The maximum absolute atomic E-state index is 12.3. The first-order valence-electron chi connectivity index (χ1n) is 7.68. The van der Waals surface area contributed by atoms with Crippen molar-refractivity contribution in [2.75, 3.05) is 24.2 Å². The number of aromatic amines is 1. The van der Waals surface area contributed by atoms with E-state index in [9.17, 15) is 21.6 Å². The van der Waals surface area contributed by atoms with Crippen LogP contribution >= 0.6 is 0 Å². The van der Waals surface area contributed by atoms with Gasteiger partial charge in [0.15, 0.2) is 15.7 Å². The molecule has 0 spiro atoms. The Balaban J connectivity index is 2.32. The third kappa shape index (κ3) is 3.63. The van der Waals surface area contributed by atoms with Gasteiger partial charge in [-0.2, -0.15) is 0 Å². The molecule has 27 heavy (non-hydrogen) atoms. The molecular formula is C13H17N7O5S2. The number of aromatic nitrogens is 4.